The molecule has 17 heavy (non-hydrogen) atoms. The Morgan fingerprint density at radius 1 is 1.24 bits per heavy atom. The van der Waals surface area contributed by atoms with Crippen molar-refractivity contribution in [1.29, 1.82) is 0 Å². The third-order valence-electron chi connectivity index (χ3n) is 2.37. The van der Waals surface area contributed by atoms with Crippen LogP contribution in [0.2, 0.25) is 0 Å². The second kappa shape index (κ2) is 5.05. The Balaban J connectivity index is 2.30. The summed E-state index contributed by atoms with van der Waals surface area (Å²) in [5.41, 5.74) is 0.602. The Bertz CT molecular complexity index is 488. The molecule has 1 aromatic heterocycles. The van der Waals surface area contributed by atoms with Crippen molar-refractivity contribution in [2.45, 2.75) is 13.5 Å². The van der Waals surface area contributed by atoms with Crippen molar-refractivity contribution >= 4 is 0 Å². The van der Waals surface area contributed by atoms with Gasteiger partial charge in [0.25, 0.3) is 0 Å². The van der Waals surface area contributed by atoms with Gasteiger partial charge in [0.05, 0.1) is 5.69 Å². The van der Waals surface area contributed by atoms with Gasteiger partial charge in [-0.1, -0.05) is 13.0 Å². The highest BCUT2D eigenvalue weighted by atomic mass is 19.1. The number of aromatic nitrogens is 2. The molecule has 1 heterocycles. The van der Waals surface area contributed by atoms with Crippen molar-refractivity contribution in [3.05, 3.63) is 47.8 Å². The third-order valence-corrected chi connectivity index (χ3v) is 2.37. The Labute approximate surface area is 98.1 Å². The van der Waals surface area contributed by atoms with Gasteiger partial charge in [-0.25, -0.2) is 13.5 Å². The van der Waals surface area contributed by atoms with E-state index in [0.29, 0.717) is 6.54 Å². The van der Waals surface area contributed by atoms with E-state index in [9.17, 15) is 8.78 Å². The molecule has 0 saturated heterocycles. The van der Waals surface area contributed by atoms with Gasteiger partial charge in [0.1, 0.15) is 5.69 Å². The average molecular weight is 237 g/mol. The van der Waals surface area contributed by atoms with Crippen LogP contribution in [-0.2, 0) is 6.54 Å². The maximum atomic E-state index is 13.5. The first-order valence-electron chi connectivity index (χ1n) is 5.42. The topological polar surface area (TPSA) is 29.9 Å². The summed E-state index contributed by atoms with van der Waals surface area (Å²) in [4.78, 5) is 0. The molecule has 0 aliphatic rings. The molecule has 2 aromatic rings. The largest absolute Gasteiger partial charge is 0.311 e. The van der Waals surface area contributed by atoms with E-state index < -0.39 is 11.6 Å². The van der Waals surface area contributed by atoms with Gasteiger partial charge in [-0.3, -0.25) is 0 Å². The molecule has 0 radical (unpaired) electrons. The molecule has 0 amide bonds. The molecule has 0 saturated carbocycles. The molecule has 0 unspecified atom stereocenters. The third kappa shape index (κ3) is 2.50. The van der Waals surface area contributed by atoms with Crippen molar-refractivity contribution in [2.24, 2.45) is 0 Å². The number of para-hydroxylation sites is 1. The maximum absolute atomic E-state index is 13.5. The van der Waals surface area contributed by atoms with E-state index in [1.165, 1.54) is 22.9 Å². The fourth-order valence-electron chi connectivity index (χ4n) is 1.54. The van der Waals surface area contributed by atoms with Crippen molar-refractivity contribution in [1.82, 2.24) is 15.1 Å². The summed E-state index contributed by atoms with van der Waals surface area (Å²) >= 11 is 0. The van der Waals surface area contributed by atoms with Gasteiger partial charge in [0.15, 0.2) is 11.6 Å². The number of benzene rings is 1. The van der Waals surface area contributed by atoms with Crippen LogP contribution in [0.5, 0.6) is 0 Å². The first-order valence-corrected chi connectivity index (χ1v) is 5.42. The maximum Gasteiger partial charge on any atom is 0.151 e. The summed E-state index contributed by atoms with van der Waals surface area (Å²) < 4.78 is 28.2. The first-order chi connectivity index (χ1) is 8.22. The van der Waals surface area contributed by atoms with Crippen molar-refractivity contribution in [2.75, 3.05) is 6.54 Å². The van der Waals surface area contributed by atoms with Crippen LogP contribution in [0.25, 0.3) is 5.69 Å². The monoisotopic (exact) mass is 237 g/mol. The first kappa shape index (κ1) is 11.7. The standard InChI is InChI=1S/C12H13F2N3/c1-2-15-8-9-6-7-17(16-9)12-10(13)4-3-5-11(12)14/h3-7,15H,2,8H2,1H3. The molecule has 0 spiro atoms. The molecule has 3 nitrogen and oxygen atoms in total. The van der Waals surface area contributed by atoms with Crippen LogP contribution >= 0.6 is 0 Å². The zero-order valence-corrected chi connectivity index (χ0v) is 9.45. The molecule has 0 fully saturated rings. The van der Waals surface area contributed by atoms with E-state index in [2.05, 4.69) is 10.4 Å². The smallest absolute Gasteiger partial charge is 0.151 e. The fraction of sp³-hybridized carbons (Fsp3) is 0.250. The highest BCUT2D eigenvalue weighted by Gasteiger charge is 2.11. The minimum Gasteiger partial charge on any atom is -0.311 e. The lowest BCUT2D eigenvalue weighted by molar-refractivity contribution is 0.558. The molecule has 1 aromatic carbocycles. The van der Waals surface area contributed by atoms with Gasteiger partial charge in [-0.15, -0.1) is 0 Å². The summed E-state index contributed by atoms with van der Waals surface area (Å²) in [7, 11) is 0. The molecular weight excluding hydrogens is 224 g/mol. The summed E-state index contributed by atoms with van der Waals surface area (Å²) in [6.07, 6.45) is 1.55. The molecule has 2 rings (SSSR count). The Kier molecular flexibility index (Phi) is 3.49. The van der Waals surface area contributed by atoms with E-state index >= 15 is 0 Å². The normalized spacial score (nSPS) is 10.8. The summed E-state index contributed by atoms with van der Waals surface area (Å²) in [6, 6.07) is 5.49. The second-order valence-corrected chi connectivity index (χ2v) is 3.60. The zero-order valence-electron chi connectivity index (χ0n) is 9.45. The number of rotatable bonds is 4. The molecular formula is C12H13F2N3. The highest BCUT2D eigenvalue weighted by molar-refractivity contribution is 5.34. The number of hydrogen-bond donors (Lipinski definition) is 1. The van der Waals surface area contributed by atoms with E-state index in [-0.39, 0.29) is 5.69 Å². The Morgan fingerprint density at radius 3 is 2.59 bits per heavy atom. The second-order valence-electron chi connectivity index (χ2n) is 3.60. The predicted molar refractivity (Wildman–Crippen MR) is 60.9 cm³/mol. The van der Waals surface area contributed by atoms with Crippen molar-refractivity contribution in [3.63, 3.8) is 0 Å². The minimum atomic E-state index is -0.622. The number of halogens is 2. The van der Waals surface area contributed by atoms with Crippen LogP contribution in [0.3, 0.4) is 0 Å². The Morgan fingerprint density at radius 2 is 1.94 bits per heavy atom. The Hall–Kier alpha value is -1.75. The molecule has 5 heteroatoms. The minimum absolute atomic E-state index is 0.143. The van der Waals surface area contributed by atoms with E-state index in [1.54, 1.807) is 12.3 Å². The van der Waals surface area contributed by atoms with Crippen LogP contribution in [-0.4, -0.2) is 16.3 Å². The predicted octanol–water partition coefficient (Wildman–Crippen LogP) is 2.26. The van der Waals surface area contributed by atoms with Gasteiger partial charge >= 0.3 is 0 Å². The molecule has 90 valence electrons. The lowest BCUT2D eigenvalue weighted by atomic mass is 10.3. The summed E-state index contributed by atoms with van der Waals surface area (Å²) in [5, 5.41) is 7.21. The van der Waals surface area contributed by atoms with Crippen LogP contribution in [0.4, 0.5) is 8.78 Å². The van der Waals surface area contributed by atoms with Gasteiger partial charge in [-0.05, 0) is 24.7 Å². The van der Waals surface area contributed by atoms with Crippen LogP contribution < -0.4 is 5.32 Å². The number of nitrogens with zero attached hydrogens (tertiary/aromatic N) is 2. The van der Waals surface area contributed by atoms with E-state index in [1.807, 2.05) is 6.92 Å². The lowest BCUT2D eigenvalue weighted by Gasteiger charge is -2.04. The van der Waals surface area contributed by atoms with Crippen LogP contribution in [0.1, 0.15) is 12.6 Å². The van der Waals surface area contributed by atoms with Gasteiger partial charge < -0.3 is 5.32 Å². The average Bonchev–Trinajstić information content (AvgIpc) is 2.75. The van der Waals surface area contributed by atoms with E-state index in [4.69, 9.17) is 0 Å². The molecule has 0 bridgehead atoms. The van der Waals surface area contributed by atoms with Crippen LogP contribution in [0.15, 0.2) is 30.5 Å². The molecule has 1 N–H and O–H groups in total. The quantitative estimate of drug-likeness (QED) is 0.884. The summed E-state index contributed by atoms with van der Waals surface area (Å²) in [6.45, 7) is 3.38. The van der Waals surface area contributed by atoms with Crippen LogP contribution in [0, 0.1) is 11.6 Å². The van der Waals surface area contributed by atoms with Gasteiger partial charge in [0, 0.05) is 12.7 Å². The van der Waals surface area contributed by atoms with Crippen molar-refractivity contribution in [3.8, 4) is 5.69 Å². The number of hydrogen-bond acceptors (Lipinski definition) is 2. The molecule has 0 aliphatic carbocycles. The van der Waals surface area contributed by atoms with E-state index in [0.717, 1.165) is 12.2 Å². The lowest BCUT2D eigenvalue weighted by Crippen LogP contribution is -2.12. The summed E-state index contributed by atoms with van der Waals surface area (Å²) in [5.74, 6) is -1.24. The zero-order chi connectivity index (χ0) is 12.3. The highest BCUT2D eigenvalue weighted by Crippen LogP contribution is 2.16. The van der Waals surface area contributed by atoms with Crippen molar-refractivity contribution < 1.29 is 8.78 Å². The molecule has 0 atom stereocenters. The molecule has 0 aliphatic heterocycles. The fourth-order valence-corrected chi connectivity index (χ4v) is 1.54. The van der Waals surface area contributed by atoms with Gasteiger partial charge in [-0.2, -0.15) is 5.10 Å². The SMILES string of the molecule is CCNCc1ccn(-c2c(F)cccc2F)n1. The number of nitrogens with one attached hydrogen (secondary N) is 1. The van der Waals surface area contributed by atoms with Gasteiger partial charge in [0.2, 0.25) is 0 Å².